The molecule has 9 atom stereocenters. The maximum Gasteiger partial charge on any atom is 0.472 e. The Morgan fingerprint density at radius 2 is 1.67 bits per heavy atom. The van der Waals surface area contributed by atoms with Crippen LogP contribution in [0.2, 0.25) is 0 Å². The fraction of sp³-hybridized carbons (Fsp3) is 0.282. The summed E-state index contributed by atoms with van der Waals surface area (Å²) in [4.78, 5) is 64.3. The Morgan fingerprint density at radius 1 is 0.922 bits per heavy atom. The van der Waals surface area contributed by atoms with Crippen molar-refractivity contribution in [1.29, 1.82) is 0 Å². The number of imidazole rings is 1. The third-order valence-electron chi connectivity index (χ3n) is 10.4. The maximum absolute atomic E-state index is 16.5. The van der Waals surface area contributed by atoms with E-state index < -0.39 is 88.1 Å². The van der Waals surface area contributed by atoms with Crippen molar-refractivity contribution in [2.75, 3.05) is 18.9 Å². The Morgan fingerprint density at radius 3 is 2.44 bits per heavy atom. The quantitative estimate of drug-likeness (QED) is 0.0884. The standard InChI is InChI=1S/C39H36FN7O14P2S/c40-31-29-17-56-63(54,64-18-21-6-12-25(13-7-21)57-38(50)23-8-10-24(48)11-9-23)60-27-14-30(46-15-26(36(49)45-39(46)51)22-4-2-1-3-5-22)58-28(27)16-55-62(52,53)61-33(31)37(59-29)47-20-44-32-34(41)42-19-43-35(32)47/h1-13,15,19-20,27-31,33,37,48H,14,16-18H2,(H,52,53)(H2,41,42,43)(H,45,49,51)/t27-,28+,29+,30+,31+,33+,37+,63?/m0/s1. The van der Waals surface area contributed by atoms with E-state index in [4.69, 9.17) is 38.0 Å². The molecule has 3 saturated heterocycles. The van der Waals surface area contributed by atoms with Crippen LogP contribution in [0.3, 0.4) is 0 Å². The first-order valence-corrected chi connectivity index (χ1v) is 24.0. The third kappa shape index (κ3) is 9.18. The van der Waals surface area contributed by atoms with Gasteiger partial charge in [-0.1, -0.05) is 42.5 Å². The van der Waals surface area contributed by atoms with E-state index in [9.17, 15) is 33.5 Å². The number of nitrogens with one attached hydrogen (secondary N) is 1. The van der Waals surface area contributed by atoms with Gasteiger partial charge in [0.2, 0.25) is 0 Å². The lowest BCUT2D eigenvalue weighted by molar-refractivity contribution is -0.0634. The smallest absolute Gasteiger partial charge is 0.472 e. The zero-order chi connectivity index (χ0) is 44.8. The van der Waals surface area contributed by atoms with Crippen molar-refractivity contribution in [2.24, 2.45) is 0 Å². The van der Waals surface area contributed by atoms with Crippen LogP contribution >= 0.6 is 26.0 Å². The number of phenols is 1. The molecule has 64 heavy (non-hydrogen) atoms. The molecule has 0 amide bonds. The van der Waals surface area contributed by atoms with Crippen molar-refractivity contribution in [2.45, 2.75) is 55.2 Å². The molecule has 3 fully saturated rings. The molecule has 9 rings (SSSR count). The predicted octanol–water partition coefficient (Wildman–Crippen LogP) is 5.03. The minimum Gasteiger partial charge on any atom is -0.508 e. The van der Waals surface area contributed by atoms with E-state index in [0.717, 1.165) is 10.9 Å². The number of phosphoric ester groups is 1. The number of anilines is 1. The Hall–Kier alpha value is -5.58. The number of H-pyrrole nitrogens is 1. The number of nitrogens with two attached hydrogens (primary N) is 1. The van der Waals surface area contributed by atoms with Gasteiger partial charge in [0, 0.05) is 18.4 Å². The SMILES string of the molecule is Nc1ncnc2c1ncn2[C@@H]1O[C@@H]2COP(=O)(SCc3ccc(OC(=O)c4ccc(O)cc4)cc3)O[C@H]3C[C@H](n4cc(-c5ccccc5)c(=O)[nH]c4=O)O[C@@H]3COP(=O)(O)O[C@@H]1[C@@H]2F. The van der Waals surface area contributed by atoms with Crippen LogP contribution < -0.4 is 21.7 Å². The third-order valence-corrected chi connectivity index (χ3v) is 15.1. The summed E-state index contributed by atoms with van der Waals surface area (Å²) in [5.41, 5.74) is 6.06. The lowest BCUT2D eigenvalue weighted by Gasteiger charge is -2.26. The van der Waals surface area contributed by atoms with E-state index in [1.807, 2.05) is 0 Å². The number of hydrogen-bond acceptors (Lipinski definition) is 18. The molecule has 6 aromatic rings. The lowest BCUT2D eigenvalue weighted by atomic mass is 10.1. The highest BCUT2D eigenvalue weighted by Gasteiger charge is 2.53. The highest BCUT2D eigenvalue weighted by atomic mass is 32.7. The number of halogens is 1. The fourth-order valence-corrected chi connectivity index (χ4v) is 11.6. The van der Waals surface area contributed by atoms with Gasteiger partial charge in [0.25, 0.3) is 5.56 Å². The van der Waals surface area contributed by atoms with Crippen molar-refractivity contribution in [3.63, 3.8) is 0 Å². The van der Waals surface area contributed by atoms with E-state index in [-0.39, 0.29) is 51.8 Å². The van der Waals surface area contributed by atoms with E-state index in [1.54, 1.807) is 42.5 Å². The molecule has 334 valence electrons. The van der Waals surface area contributed by atoms with Crippen LogP contribution in [0.15, 0.2) is 107 Å². The lowest BCUT2D eigenvalue weighted by Crippen LogP contribution is -2.33. The molecule has 5 N–H and O–H groups in total. The van der Waals surface area contributed by atoms with Gasteiger partial charge in [-0.15, -0.1) is 0 Å². The number of aromatic hydroxyl groups is 1. The van der Waals surface area contributed by atoms with Crippen LogP contribution in [-0.4, -0.2) is 88.8 Å². The van der Waals surface area contributed by atoms with Crippen LogP contribution in [0.25, 0.3) is 22.3 Å². The number of phenolic OH excluding ortho intramolecular Hbond substituents is 1. The average molecular weight is 940 g/mol. The predicted molar refractivity (Wildman–Crippen MR) is 224 cm³/mol. The Balaban J connectivity index is 1.01. The number of nitrogens with zero attached hydrogens (tertiary/aromatic N) is 5. The number of ether oxygens (including phenoxy) is 3. The van der Waals surface area contributed by atoms with E-state index in [2.05, 4.69) is 19.9 Å². The van der Waals surface area contributed by atoms with E-state index in [1.165, 1.54) is 53.5 Å². The van der Waals surface area contributed by atoms with Gasteiger partial charge in [-0.3, -0.25) is 37.0 Å². The van der Waals surface area contributed by atoms with Gasteiger partial charge < -0.3 is 29.9 Å². The molecule has 2 bridgehead atoms. The number of alkyl halides is 1. The molecule has 3 aromatic carbocycles. The first kappa shape index (κ1) is 43.7. The van der Waals surface area contributed by atoms with Crippen LogP contribution in [0.5, 0.6) is 11.5 Å². The molecule has 0 aliphatic carbocycles. The zero-order valence-corrected chi connectivity index (χ0v) is 35.5. The summed E-state index contributed by atoms with van der Waals surface area (Å²) in [6.45, 7) is -5.94. The molecule has 3 aliphatic heterocycles. The molecule has 0 radical (unpaired) electrons. The first-order valence-electron chi connectivity index (χ1n) is 19.3. The number of aromatic amines is 1. The summed E-state index contributed by atoms with van der Waals surface area (Å²) >= 11 is 0.714. The van der Waals surface area contributed by atoms with Gasteiger partial charge >= 0.3 is 26.3 Å². The van der Waals surface area contributed by atoms with Crippen LogP contribution in [0, 0.1) is 0 Å². The van der Waals surface area contributed by atoms with E-state index >= 15 is 4.39 Å². The van der Waals surface area contributed by atoms with Crippen molar-refractivity contribution in [3.05, 3.63) is 130 Å². The van der Waals surface area contributed by atoms with Gasteiger partial charge in [-0.05, 0) is 58.9 Å². The van der Waals surface area contributed by atoms with Gasteiger partial charge in [0.05, 0.1) is 30.7 Å². The van der Waals surface area contributed by atoms with Crippen LogP contribution in [0.4, 0.5) is 10.2 Å². The second-order valence-electron chi connectivity index (χ2n) is 14.6. The Bertz CT molecular complexity index is 2910. The number of esters is 1. The normalized spacial score (nSPS) is 28.4. The molecule has 0 saturated carbocycles. The van der Waals surface area contributed by atoms with Gasteiger partial charge in [0.1, 0.15) is 54.0 Å². The number of benzene rings is 3. The number of carbonyl (C=O) groups is 1. The molecule has 6 heterocycles. The monoisotopic (exact) mass is 939 g/mol. The summed E-state index contributed by atoms with van der Waals surface area (Å²) in [7, 11) is -5.19. The Kier molecular flexibility index (Phi) is 12.1. The first-order chi connectivity index (χ1) is 30.7. The van der Waals surface area contributed by atoms with Crippen molar-refractivity contribution in [3.8, 4) is 22.6 Å². The number of rotatable bonds is 8. The summed E-state index contributed by atoms with van der Waals surface area (Å²) in [5.74, 6) is -0.526. The second kappa shape index (κ2) is 17.8. The summed E-state index contributed by atoms with van der Waals surface area (Å²) in [6.07, 6.45) is -7.47. The molecular weight excluding hydrogens is 903 g/mol. The number of carbonyl (C=O) groups excluding carboxylic acids is 1. The van der Waals surface area contributed by atoms with Gasteiger partial charge in [-0.25, -0.2) is 38.1 Å². The number of aromatic nitrogens is 6. The second-order valence-corrected chi connectivity index (χ2v) is 20.0. The fourth-order valence-electron chi connectivity index (χ4n) is 7.23. The highest BCUT2D eigenvalue weighted by Crippen LogP contribution is 2.64. The summed E-state index contributed by atoms with van der Waals surface area (Å²) in [6, 6.07) is 20.3. The summed E-state index contributed by atoms with van der Waals surface area (Å²) in [5, 5.41) is 9.54. The minimum absolute atomic E-state index is 0.00103. The van der Waals surface area contributed by atoms with Crippen molar-refractivity contribution < 1.29 is 60.6 Å². The largest absolute Gasteiger partial charge is 0.508 e. The topological polar surface area (TPSA) is 281 Å². The van der Waals surface area contributed by atoms with Gasteiger partial charge in [-0.2, -0.15) is 0 Å². The zero-order valence-electron chi connectivity index (χ0n) is 32.9. The molecular formula is C39H36FN7O14P2S. The van der Waals surface area contributed by atoms with Crippen molar-refractivity contribution >= 4 is 49.0 Å². The van der Waals surface area contributed by atoms with Crippen LogP contribution in [-0.2, 0) is 42.5 Å². The van der Waals surface area contributed by atoms with Crippen LogP contribution in [0.1, 0.15) is 34.8 Å². The average Bonchev–Trinajstić information content (AvgIpc) is 3.97. The number of nitrogen functional groups attached to an aromatic ring is 1. The molecule has 25 heteroatoms. The van der Waals surface area contributed by atoms with Gasteiger partial charge in [0.15, 0.2) is 23.9 Å². The molecule has 3 aromatic heterocycles. The Labute approximate surface area is 364 Å². The number of phosphoric acid groups is 1. The number of hydrogen-bond donors (Lipinski definition) is 4. The molecule has 2 unspecified atom stereocenters. The number of fused-ring (bicyclic) bond motifs is 4. The van der Waals surface area contributed by atoms with E-state index in [0.29, 0.717) is 22.5 Å². The maximum atomic E-state index is 16.5. The molecule has 21 nitrogen and oxygen atoms in total. The highest BCUT2D eigenvalue weighted by molar-refractivity contribution is 8.54. The summed E-state index contributed by atoms with van der Waals surface area (Å²) < 4.78 is 88.0. The minimum atomic E-state index is -5.19. The molecule has 0 spiro atoms. The van der Waals surface area contributed by atoms with Crippen molar-refractivity contribution in [1.82, 2.24) is 29.1 Å². The molecule has 3 aliphatic rings.